The molecule has 0 bridgehead atoms. The minimum atomic E-state index is 0. The predicted molar refractivity (Wildman–Crippen MR) is 84.1 cm³/mol. The van der Waals surface area contributed by atoms with Crippen LogP contribution in [-0.4, -0.2) is 21.5 Å². The largest absolute Gasteiger partial charge is 0.342 e. The summed E-state index contributed by atoms with van der Waals surface area (Å²) in [6.07, 6.45) is 10.5. The van der Waals surface area contributed by atoms with Crippen molar-refractivity contribution < 1.29 is 32.7 Å². The fourth-order valence-corrected chi connectivity index (χ4v) is 1.14. The summed E-state index contributed by atoms with van der Waals surface area (Å²) in [7, 11) is 0. The summed E-state index contributed by atoms with van der Waals surface area (Å²) in [6.45, 7) is 11.7. The van der Waals surface area contributed by atoms with Crippen LogP contribution in [0.3, 0.4) is 0 Å². The molecule has 1 rings (SSSR count). The molecule has 0 saturated carbocycles. The molecular weight excluding hydrogens is 341 g/mol. The van der Waals surface area contributed by atoms with E-state index in [-0.39, 0.29) is 32.7 Å². The molecule has 0 atom stereocenters. The maximum Gasteiger partial charge on any atom is 0.0692 e. The van der Waals surface area contributed by atoms with Gasteiger partial charge in [0.2, 0.25) is 0 Å². The van der Waals surface area contributed by atoms with E-state index in [1.165, 1.54) is 19.3 Å². The molecule has 0 spiro atoms. The summed E-state index contributed by atoms with van der Waals surface area (Å²) >= 11 is 0. The van der Waals surface area contributed by atoms with E-state index < -0.39 is 0 Å². The maximum atomic E-state index is 7.75. The Morgan fingerprint density at radius 2 is 1.81 bits per heavy atom. The van der Waals surface area contributed by atoms with E-state index >= 15 is 0 Å². The van der Waals surface area contributed by atoms with Crippen molar-refractivity contribution in [3.05, 3.63) is 29.8 Å². The first-order valence-electron chi connectivity index (χ1n) is 7.40. The molecular formula is C14H29N6Y-. The van der Waals surface area contributed by atoms with Gasteiger partial charge in [-0.05, 0) is 12.0 Å². The number of aryl methyl sites for hydroxylation is 1. The van der Waals surface area contributed by atoms with Gasteiger partial charge in [0.25, 0.3) is 0 Å². The van der Waals surface area contributed by atoms with Crippen LogP contribution in [0.5, 0.6) is 0 Å². The van der Waals surface area contributed by atoms with Gasteiger partial charge < -0.3 is 6.92 Å². The number of aromatic nitrogens is 3. The summed E-state index contributed by atoms with van der Waals surface area (Å²) in [4.78, 5) is 2.60. The molecule has 0 amide bonds. The molecule has 0 saturated heterocycles. The first kappa shape index (κ1) is 25.5. The smallest absolute Gasteiger partial charge is 0.0692 e. The zero-order valence-electron chi connectivity index (χ0n) is 13.8. The molecule has 21 heavy (non-hydrogen) atoms. The fourth-order valence-electron chi connectivity index (χ4n) is 1.14. The number of nitrogens with zero attached hydrogens (tertiary/aromatic N) is 6. The van der Waals surface area contributed by atoms with Gasteiger partial charge in [-0.15, -0.1) is 5.10 Å². The fraction of sp³-hybridized carbons (Fsp3) is 0.786. The molecule has 0 aliphatic carbocycles. The van der Waals surface area contributed by atoms with Gasteiger partial charge in [-0.3, -0.25) is 4.68 Å². The number of hydrogen-bond acceptors (Lipinski definition) is 3. The van der Waals surface area contributed by atoms with Gasteiger partial charge in [0, 0.05) is 56.9 Å². The summed E-state index contributed by atoms with van der Waals surface area (Å²) < 4.78 is 1.76. The van der Waals surface area contributed by atoms with Crippen molar-refractivity contribution >= 4 is 0 Å². The summed E-state index contributed by atoms with van der Waals surface area (Å²) in [5.41, 5.74) is 7.75. The van der Waals surface area contributed by atoms with E-state index in [1.807, 2.05) is 6.20 Å². The number of azide groups is 1. The first-order chi connectivity index (χ1) is 9.76. The monoisotopic (exact) mass is 370 g/mol. The third kappa shape index (κ3) is 24.9. The molecule has 1 heterocycles. The van der Waals surface area contributed by atoms with E-state index in [0.29, 0.717) is 6.54 Å². The maximum absolute atomic E-state index is 7.75. The van der Waals surface area contributed by atoms with Gasteiger partial charge in [-0.25, -0.2) is 0 Å². The van der Waals surface area contributed by atoms with Crippen molar-refractivity contribution in [2.24, 2.45) is 5.11 Å². The van der Waals surface area contributed by atoms with Gasteiger partial charge >= 0.3 is 0 Å². The minimum absolute atomic E-state index is 0. The van der Waals surface area contributed by atoms with Crippen LogP contribution in [0.1, 0.15) is 59.3 Å². The molecule has 0 aliphatic heterocycles. The third-order valence-corrected chi connectivity index (χ3v) is 2.24. The Kier molecular flexibility index (Phi) is 29.8. The third-order valence-electron chi connectivity index (χ3n) is 2.24. The molecule has 1 aromatic heterocycles. The molecule has 0 N–H and O–H groups in total. The van der Waals surface area contributed by atoms with Gasteiger partial charge in [0.05, 0.1) is 6.20 Å². The van der Waals surface area contributed by atoms with Gasteiger partial charge in [0.1, 0.15) is 0 Å². The topological polar surface area (TPSA) is 79.5 Å². The Bertz CT molecular complexity index is 307. The van der Waals surface area contributed by atoms with E-state index in [4.69, 9.17) is 5.53 Å². The van der Waals surface area contributed by atoms with Crippen LogP contribution in [0.2, 0.25) is 0 Å². The van der Waals surface area contributed by atoms with Crippen LogP contribution in [0.15, 0.2) is 17.5 Å². The SMILES string of the molecule is CCCCC.CCCCN=[N+]=[N-].[CH2-]CCn1ccnn1.[Y]. The van der Waals surface area contributed by atoms with E-state index in [9.17, 15) is 0 Å². The minimum Gasteiger partial charge on any atom is -0.342 e. The van der Waals surface area contributed by atoms with Crippen LogP contribution in [0.4, 0.5) is 0 Å². The van der Waals surface area contributed by atoms with Crippen molar-refractivity contribution in [3.8, 4) is 0 Å². The molecule has 1 aromatic rings. The Balaban J connectivity index is -0.000000233. The van der Waals surface area contributed by atoms with Gasteiger partial charge in [0.15, 0.2) is 0 Å². The van der Waals surface area contributed by atoms with E-state index in [2.05, 4.69) is 48.0 Å². The van der Waals surface area contributed by atoms with Crippen molar-refractivity contribution in [3.63, 3.8) is 0 Å². The Hall–Kier alpha value is -0.446. The number of hydrogen-bond donors (Lipinski definition) is 0. The van der Waals surface area contributed by atoms with Crippen LogP contribution >= 0.6 is 0 Å². The molecule has 119 valence electrons. The second kappa shape index (κ2) is 24.6. The van der Waals surface area contributed by atoms with E-state index in [1.54, 1.807) is 10.9 Å². The average molecular weight is 370 g/mol. The van der Waals surface area contributed by atoms with Gasteiger partial charge in [-0.2, -0.15) is 6.42 Å². The predicted octanol–water partition coefficient (Wildman–Crippen LogP) is 4.79. The molecule has 0 aromatic carbocycles. The van der Waals surface area contributed by atoms with Crippen LogP contribution in [-0.2, 0) is 39.3 Å². The van der Waals surface area contributed by atoms with Crippen molar-refractivity contribution in [2.75, 3.05) is 6.54 Å². The molecule has 6 nitrogen and oxygen atoms in total. The zero-order valence-corrected chi connectivity index (χ0v) is 16.6. The second-order valence-electron chi connectivity index (χ2n) is 4.18. The molecule has 7 heteroatoms. The van der Waals surface area contributed by atoms with E-state index in [0.717, 1.165) is 25.8 Å². The standard InChI is InChI=1S/C5H8N3.C5H12.C4H9N3.Y/c1-2-4-8-5-3-6-7-8;1-3-5-4-2;1-2-3-4-6-7-5;/h3,5H,1-2,4H2;3-5H2,1-2H3;2-4H2,1H3;/q-1;;;. The van der Waals surface area contributed by atoms with Crippen LogP contribution < -0.4 is 0 Å². The Morgan fingerprint density at radius 1 is 1.19 bits per heavy atom. The van der Waals surface area contributed by atoms with Crippen molar-refractivity contribution in [2.45, 2.75) is 65.8 Å². The quantitative estimate of drug-likeness (QED) is 0.227. The molecule has 1 radical (unpaired) electrons. The number of unbranched alkanes of at least 4 members (excludes halogenated alkanes) is 3. The second-order valence-corrected chi connectivity index (χ2v) is 4.18. The number of rotatable bonds is 7. The Morgan fingerprint density at radius 3 is 2.14 bits per heavy atom. The molecule has 0 aliphatic rings. The normalized spacial score (nSPS) is 8.19. The Labute approximate surface area is 154 Å². The molecule has 0 fully saturated rings. The van der Waals surface area contributed by atoms with Crippen molar-refractivity contribution in [1.29, 1.82) is 0 Å². The summed E-state index contributed by atoms with van der Waals surface area (Å²) in [5, 5.41) is 10.7. The van der Waals surface area contributed by atoms with Crippen LogP contribution in [0, 0.1) is 6.92 Å². The summed E-state index contributed by atoms with van der Waals surface area (Å²) in [6, 6.07) is 0. The molecule has 0 unspecified atom stereocenters. The van der Waals surface area contributed by atoms with Crippen LogP contribution in [0.25, 0.3) is 10.4 Å². The summed E-state index contributed by atoms with van der Waals surface area (Å²) in [5.74, 6) is 0. The zero-order chi connectivity index (χ0) is 15.5. The first-order valence-corrected chi connectivity index (χ1v) is 7.40. The van der Waals surface area contributed by atoms with Gasteiger partial charge in [-0.1, -0.05) is 56.8 Å². The average Bonchev–Trinajstić information content (AvgIpc) is 2.95. The van der Waals surface area contributed by atoms with Crippen molar-refractivity contribution in [1.82, 2.24) is 15.0 Å².